The van der Waals surface area contributed by atoms with E-state index < -0.39 is 11.7 Å². The molecule has 8 heteroatoms. The minimum atomic E-state index is -4.59. The third-order valence-electron chi connectivity index (χ3n) is 4.67. The SMILES string of the molecule is O=C(CCCCc1cccs1)c1nc2c(C(F)(F)F)cc(-c3ccoc3)cc2[nH]1. The number of H-pyrrole nitrogens is 1. The number of imidazole rings is 1. The summed E-state index contributed by atoms with van der Waals surface area (Å²) < 4.78 is 45.7. The number of nitrogens with zero attached hydrogens (tertiary/aromatic N) is 1. The molecular formula is C21H17F3N2O2S. The Balaban J connectivity index is 1.56. The van der Waals surface area contributed by atoms with Gasteiger partial charge in [0.15, 0.2) is 11.6 Å². The smallest absolute Gasteiger partial charge is 0.418 e. The average Bonchev–Trinajstić information content (AvgIpc) is 3.44. The van der Waals surface area contributed by atoms with Crippen molar-refractivity contribution in [2.75, 3.05) is 0 Å². The molecule has 29 heavy (non-hydrogen) atoms. The number of hydrogen-bond donors (Lipinski definition) is 1. The number of unbranched alkanes of at least 4 members (excludes halogenated alkanes) is 1. The lowest BCUT2D eigenvalue weighted by atomic mass is 10.0. The number of halogens is 3. The van der Waals surface area contributed by atoms with E-state index in [0.717, 1.165) is 18.9 Å². The zero-order valence-corrected chi connectivity index (χ0v) is 16.1. The van der Waals surface area contributed by atoms with E-state index in [9.17, 15) is 18.0 Å². The van der Waals surface area contributed by atoms with Crippen LogP contribution >= 0.6 is 11.3 Å². The molecule has 0 bridgehead atoms. The molecule has 0 saturated carbocycles. The molecule has 0 aliphatic carbocycles. The number of rotatable bonds is 7. The molecule has 0 fully saturated rings. The topological polar surface area (TPSA) is 58.9 Å². The number of aromatic amines is 1. The van der Waals surface area contributed by atoms with Crippen LogP contribution < -0.4 is 0 Å². The maximum atomic E-state index is 13.6. The predicted molar refractivity (Wildman–Crippen MR) is 105 cm³/mol. The zero-order chi connectivity index (χ0) is 20.4. The van der Waals surface area contributed by atoms with Crippen LogP contribution in [0, 0.1) is 0 Å². The van der Waals surface area contributed by atoms with Crippen LogP contribution in [-0.4, -0.2) is 15.8 Å². The number of benzene rings is 1. The van der Waals surface area contributed by atoms with E-state index in [1.807, 2.05) is 17.5 Å². The summed E-state index contributed by atoms with van der Waals surface area (Å²) in [6, 6.07) is 8.19. The molecule has 1 N–H and O–H groups in total. The standard InChI is InChI=1S/C21H17F3N2O2S/c22-21(23,24)16-10-14(13-7-8-28-12-13)11-17-19(16)26-20(25-17)18(27)6-2-1-4-15-5-3-9-29-15/h3,5,7-12H,1-2,4,6H2,(H,25,26). The van der Waals surface area contributed by atoms with Crippen molar-refractivity contribution in [3.8, 4) is 11.1 Å². The number of thiophene rings is 1. The summed E-state index contributed by atoms with van der Waals surface area (Å²) in [5.74, 6) is -0.323. The summed E-state index contributed by atoms with van der Waals surface area (Å²) in [4.78, 5) is 20.5. The molecule has 3 heterocycles. The van der Waals surface area contributed by atoms with Gasteiger partial charge in [-0.1, -0.05) is 6.07 Å². The molecule has 4 rings (SSSR count). The molecule has 0 spiro atoms. The van der Waals surface area contributed by atoms with Crippen molar-refractivity contribution in [2.45, 2.75) is 31.9 Å². The van der Waals surface area contributed by atoms with Gasteiger partial charge in [-0.05, 0) is 54.5 Å². The number of alkyl halides is 3. The molecule has 3 aromatic heterocycles. The second-order valence-corrected chi connectivity index (χ2v) is 7.76. The highest BCUT2D eigenvalue weighted by Crippen LogP contribution is 2.37. The predicted octanol–water partition coefficient (Wildman–Crippen LogP) is 6.50. The molecule has 0 aliphatic heterocycles. The van der Waals surface area contributed by atoms with Crippen LogP contribution in [0.2, 0.25) is 0 Å². The quantitative estimate of drug-likeness (QED) is 0.275. The van der Waals surface area contributed by atoms with Crippen LogP contribution in [-0.2, 0) is 12.6 Å². The lowest BCUT2D eigenvalue weighted by Gasteiger charge is -2.09. The number of nitrogens with one attached hydrogen (secondary N) is 1. The van der Waals surface area contributed by atoms with E-state index in [1.165, 1.54) is 17.4 Å². The van der Waals surface area contributed by atoms with Crippen LogP contribution in [0.4, 0.5) is 13.2 Å². The van der Waals surface area contributed by atoms with Gasteiger partial charge in [-0.3, -0.25) is 4.79 Å². The van der Waals surface area contributed by atoms with Gasteiger partial charge in [0, 0.05) is 16.9 Å². The van der Waals surface area contributed by atoms with Gasteiger partial charge in [0.05, 0.1) is 23.6 Å². The third kappa shape index (κ3) is 4.27. The Morgan fingerprint density at radius 3 is 2.72 bits per heavy atom. The molecule has 0 saturated heterocycles. The Kier molecular flexibility index (Phi) is 5.27. The minimum absolute atomic E-state index is 0.0361. The Morgan fingerprint density at radius 2 is 2.03 bits per heavy atom. The molecule has 0 amide bonds. The van der Waals surface area contributed by atoms with E-state index >= 15 is 0 Å². The number of fused-ring (bicyclic) bond motifs is 1. The van der Waals surface area contributed by atoms with Crippen molar-refractivity contribution < 1.29 is 22.4 Å². The molecule has 4 nitrogen and oxygen atoms in total. The maximum absolute atomic E-state index is 13.6. The minimum Gasteiger partial charge on any atom is -0.472 e. The van der Waals surface area contributed by atoms with Gasteiger partial charge in [0.2, 0.25) is 0 Å². The van der Waals surface area contributed by atoms with Crippen LogP contribution in [0.5, 0.6) is 0 Å². The number of ketones is 1. The van der Waals surface area contributed by atoms with Crippen LogP contribution in [0.3, 0.4) is 0 Å². The molecule has 1 aromatic carbocycles. The van der Waals surface area contributed by atoms with Gasteiger partial charge in [-0.15, -0.1) is 11.3 Å². The fourth-order valence-corrected chi connectivity index (χ4v) is 3.97. The van der Waals surface area contributed by atoms with Crippen molar-refractivity contribution in [1.82, 2.24) is 9.97 Å². The summed E-state index contributed by atoms with van der Waals surface area (Å²) >= 11 is 1.67. The molecule has 0 atom stereocenters. The van der Waals surface area contributed by atoms with Crippen LogP contribution in [0.15, 0.2) is 52.7 Å². The van der Waals surface area contributed by atoms with Gasteiger partial charge in [-0.2, -0.15) is 13.2 Å². The monoisotopic (exact) mass is 418 g/mol. The number of Topliss-reactive ketones (excluding diaryl/α,β-unsaturated/α-hetero) is 1. The summed E-state index contributed by atoms with van der Waals surface area (Å²) in [5.41, 5.74) is -0.0746. The van der Waals surface area contributed by atoms with Crippen molar-refractivity contribution in [1.29, 1.82) is 0 Å². The average molecular weight is 418 g/mol. The van der Waals surface area contributed by atoms with Gasteiger partial charge in [0.1, 0.15) is 5.52 Å². The first kappa shape index (κ1) is 19.4. The third-order valence-corrected chi connectivity index (χ3v) is 5.60. The fourth-order valence-electron chi connectivity index (χ4n) is 3.22. The second kappa shape index (κ2) is 7.87. The number of furan rings is 1. The van der Waals surface area contributed by atoms with E-state index in [-0.39, 0.29) is 29.1 Å². The van der Waals surface area contributed by atoms with Crippen LogP contribution in [0.25, 0.3) is 22.2 Å². The van der Waals surface area contributed by atoms with Gasteiger partial charge >= 0.3 is 6.18 Å². The highest BCUT2D eigenvalue weighted by molar-refractivity contribution is 7.09. The normalized spacial score (nSPS) is 12.0. The molecule has 150 valence electrons. The molecule has 0 unspecified atom stereocenters. The number of aromatic nitrogens is 2. The Bertz CT molecular complexity index is 1110. The van der Waals surface area contributed by atoms with Crippen molar-refractivity contribution in [3.63, 3.8) is 0 Å². The highest BCUT2D eigenvalue weighted by Gasteiger charge is 2.35. The Morgan fingerprint density at radius 1 is 1.17 bits per heavy atom. The lowest BCUT2D eigenvalue weighted by molar-refractivity contribution is -0.136. The first-order chi connectivity index (χ1) is 13.9. The molecule has 4 aromatic rings. The van der Waals surface area contributed by atoms with Gasteiger partial charge in [0.25, 0.3) is 0 Å². The van der Waals surface area contributed by atoms with Gasteiger partial charge < -0.3 is 9.40 Å². The van der Waals surface area contributed by atoms with E-state index in [4.69, 9.17) is 4.42 Å². The summed E-state index contributed by atoms with van der Waals surface area (Å²) in [6.45, 7) is 0. The summed E-state index contributed by atoms with van der Waals surface area (Å²) in [7, 11) is 0. The fraction of sp³-hybridized carbons (Fsp3) is 0.238. The van der Waals surface area contributed by atoms with Gasteiger partial charge in [-0.25, -0.2) is 4.98 Å². The van der Waals surface area contributed by atoms with Crippen molar-refractivity contribution in [3.05, 3.63) is 64.5 Å². The van der Waals surface area contributed by atoms with E-state index in [0.29, 0.717) is 17.5 Å². The number of aryl methyl sites for hydroxylation is 1. The summed E-state index contributed by atoms with van der Waals surface area (Å²) in [6.07, 6.45) is 0.792. The Hall–Kier alpha value is -2.87. The number of carbonyl (C=O) groups excluding carboxylic acids is 1. The Labute approximate surface area is 168 Å². The van der Waals surface area contributed by atoms with Crippen molar-refractivity contribution in [2.24, 2.45) is 0 Å². The largest absolute Gasteiger partial charge is 0.472 e. The number of carbonyl (C=O) groups is 1. The number of hydrogen-bond acceptors (Lipinski definition) is 4. The van der Waals surface area contributed by atoms with E-state index in [1.54, 1.807) is 23.5 Å². The first-order valence-corrected chi connectivity index (χ1v) is 9.99. The first-order valence-electron chi connectivity index (χ1n) is 9.11. The summed E-state index contributed by atoms with van der Waals surface area (Å²) in [5, 5.41) is 2.00. The molecular weight excluding hydrogens is 401 g/mol. The lowest BCUT2D eigenvalue weighted by Crippen LogP contribution is -2.06. The van der Waals surface area contributed by atoms with Crippen LogP contribution in [0.1, 0.15) is 40.3 Å². The van der Waals surface area contributed by atoms with E-state index in [2.05, 4.69) is 9.97 Å². The molecule has 0 aliphatic rings. The molecule has 0 radical (unpaired) electrons. The van der Waals surface area contributed by atoms with Crippen molar-refractivity contribution >= 4 is 28.2 Å². The second-order valence-electron chi connectivity index (χ2n) is 6.72. The highest BCUT2D eigenvalue weighted by atomic mass is 32.1. The zero-order valence-electron chi connectivity index (χ0n) is 15.3. The maximum Gasteiger partial charge on any atom is 0.418 e.